The molecular formula is C23H27N5O2. The highest BCUT2D eigenvalue weighted by atomic mass is 16.2. The number of fused-ring (bicyclic) bond motifs is 1. The van der Waals surface area contributed by atoms with Gasteiger partial charge in [0.1, 0.15) is 6.04 Å². The van der Waals surface area contributed by atoms with Gasteiger partial charge in [-0.2, -0.15) is 0 Å². The minimum atomic E-state index is -0.768. The fourth-order valence-electron chi connectivity index (χ4n) is 3.18. The van der Waals surface area contributed by atoms with Crippen molar-refractivity contribution in [1.82, 2.24) is 10.3 Å². The molecule has 1 heterocycles. The van der Waals surface area contributed by atoms with E-state index in [2.05, 4.69) is 15.6 Å². The van der Waals surface area contributed by atoms with Crippen molar-refractivity contribution in [3.05, 3.63) is 72.4 Å². The topological polar surface area (TPSA) is 123 Å². The lowest BCUT2D eigenvalue weighted by Gasteiger charge is -2.21. The van der Waals surface area contributed by atoms with Gasteiger partial charge in [-0.15, -0.1) is 0 Å². The Morgan fingerprint density at radius 1 is 1.00 bits per heavy atom. The van der Waals surface area contributed by atoms with Gasteiger partial charge in [-0.3, -0.25) is 14.6 Å². The van der Waals surface area contributed by atoms with Gasteiger partial charge >= 0.3 is 0 Å². The highest BCUT2D eigenvalue weighted by Gasteiger charge is 2.24. The van der Waals surface area contributed by atoms with Crippen molar-refractivity contribution in [2.24, 2.45) is 11.5 Å². The van der Waals surface area contributed by atoms with Gasteiger partial charge in [0.05, 0.1) is 23.4 Å². The third-order valence-electron chi connectivity index (χ3n) is 4.83. The van der Waals surface area contributed by atoms with Crippen LogP contribution in [-0.4, -0.2) is 35.4 Å². The molecule has 0 spiro atoms. The summed E-state index contributed by atoms with van der Waals surface area (Å²) in [5.41, 5.74) is 13.8. The van der Waals surface area contributed by atoms with Crippen molar-refractivity contribution in [3.8, 4) is 0 Å². The average Bonchev–Trinajstić information content (AvgIpc) is 2.77. The minimum Gasteiger partial charge on any atom is -0.343 e. The lowest BCUT2D eigenvalue weighted by molar-refractivity contribution is -0.127. The number of benzene rings is 2. The number of carbonyl (C=O) groups excluding carboxylic acids is 2. The number of hydrogen-bond donors (Lipinski definition) is 4. The third kappa shape index (κ3) is 5.85. The molecule has 3 rings (SSSR count). The van der Waals surface area contributed by atoms with E-state index in [4.69, 9.17) is 11.5 Å². The second-order valence-electron chi connectivity index (χ2n) is 7.19. The summed E-state index contributed by atoms with van der Waals surface area (Å²) in [6.07, 6.45) is 3.07. The van der Waals surface area contributed by atoms with Crippen LogP contribution in [0.1, 0.15) is 18.4 Å². The molecule has 30 heavy (non-hydrogen) atoms. The van der Waals surface area contributed by atoms with E-state index in [0.29, 0.717) is 31.5 Å². The van der Waals surface area contributed by atoms with Crippen LogP contribution in [0.15, 0.2) is 66.9 Å². The molecule has 2 aromatic carbocycles. The molecule has 0 unspecified atom stereocenters. The summed E-state index contributed by atoms with van der Waals surface area (Å²) in [5.74, 6) is -0.688. The maximum atomic E-state index is 13.0. The van der Waals surface area contributed by atoms with Gasteiger partial charge < -0.3 is 22.1 Å². The fraction of sp³-hybridized carbons (Fsp3) is 0.261. The molecule has 0 aliphatic rings. The molecule has 1 aromatic heterocycles. The predicted octanol–water partition coefficient (Wildman–Crippen LogP) is 1.97. The number of pyridine rings is 1. The number of rotatable bonds is 9. The Labute approximate surface area is 175 Å². The Hall–Kier alpha value is -3.29. The zero-order valence-corrected chi connectivity index (χ0v) is 16.8. The molecule has 6 N–H and O–H groups in total. The van der Waals surface area contributed by atoms with Crippen LogP contribution in [0.2, 0.25) is 0 Å². The maximum absolute atomic E-state index is 13.0. The van der Waals surface area contributed by atoms with Gasteiger partial charge in [0, 0.05) is 11.8 Å². The molecule has 156 valence electrons. The number of para-hydroxylation sites is 1. The van der Waals surface area contributed by atoms with Crippen molar-refractivity contribution in [2.75, 3.05) is 11.9 Å². The maximum Gasteiger partial charge on any atom is 0.247 e. The van der Waals surface area contributed by atoms with Gasteiger partial charge in [-0.05, 0) is 37.1 Å². The SMILES string of the molecule is NCCC[C@H](N)C(=O)N[C@H](Cc1ccccc1)C(=O)Nc1cnc2ccccc2c1. The molecule has 0 saturated heterocycles. The van der Waals surface area contributed by atoms with E-state index in [1.807, 2.05) is 60.7 Å². The Morgan fingerprint density at radius 3 is 2.50 bits per heavy atom. The number of aromatic nitrogens is 1. The largest absolute Gasteiger partial charge is 0.343 e. The van der Waals surface area contributed by atoms with Gasteiger partial charge in [0.25, 0.3) is 0 Å². The monoisotopic (exact) mass is 405 g/mol. The second-order valence-corrected chi connectivity index (χ2v) is 7.19. The summed E-state index contributed by atoms with van der Waals surface area (Å²) < 4.78 is 0. The number of anilines is 1. The van der Waals surface area contributed by atoms with E-state index in [1.165, 1.54) is 0 Å². The summed E-state index contributed by atoms with van der Waals surface area (Å²) in [5, 5.41) is 6.58. The quantitative estimate of drug-likeness (QED) is 0.433. The third-order valence-corrected chi connectivity index (χ3v) is 4.83. The molecule has 0 aliphatic carbocycles. The Morgan fingerprint density at radius 2 is 1.73 bits per heavy atom. The highest BCUT2D eigenvalue weighted by Crippen LogP contribution is 2.16. The van der Waals surface area contributed by atoms with E-state index in [9.17, 15) is 9.59 Å². The number of amides is 2. The first-order valence-electron chi connectivity index (χ1n) is 10.0. The van der Waals surface area contributed by atoms with E-state index >= 15 is 0 Å². The van der Waals surface area contributed by atoms with Gasteiger partial charge in [-0.1, -0.05) is 48.5 Å². The Balaban J connectivity index is 1.75. The molecule has 0 fully saturated rings. The number of nitrogens with two attached hydrogens (primary N) is 2. The van der Waals surface area contributed by atoms with Gasteiger partial charge in [0.15, 0.2) is 0 Å². The Bertz CT molecular complexity index is 993. The van der Waals surface area contributed by atoms with Crippen LogP contribution in [0, 0.1) is 0 Å². The normalized spacial score (nSPS) is 12.9. The van der Waals surface area contributed by atoms with Crippen molar-refractivity contribution in [1.29, 1.82) is 0 Å². The summed E-state index contributed by atoms with van der Waals surface area (Å²) in [6.45, 7) is 0.462. The van der Waals surface area contributed by atoms with E-state index in [0.717, 1.165) is 16.5 Å². The van der Waals surface area contributed by atoms with Crippen LogP contribution >= 0.6 is 0 Å². The lowest BCUT2D eigenvalue weighted by Crippen LogP contribution is -2.51. The highest BCUT2D eigenvalue weighted by molar-refractivity contribution is 5.99. The first-order chi connectivity index (χ1) is 14.6. The van der Waals surface area contributed by atoms with E-state index in [1.54, 1.807) is 6.20 Å². The number of hydrogen-bond acceptors (Lipinski definition) is 5. The summed E-state index contributed by atoms with van der Waals surface area (Å²) in [7, 11) is 0. The first kappa shape index (κ1) is 21.4. The molecule has 7 heteroatoms. The van der Waals surface area contributed by atoms with E-state index < -0.39 is 12.1 Å². The van der Waals surface area contributed by atoms with Crippen LogP contribution < -0.4 is 22.1 Å². The molecule has 0 bridgehead atoms. The summed E-state index contributed by atoms with van der Waals surface area (Å²) in [4.78, 5) is 29.9. The zero-order chi connectivity index (χ0) is 21.3. The minimum absolute atomic E-state index is 0.324. The van der Waals surface area contributed by atoms with Crippen molar-refractivity contribution in [3.63, 3.8) is 0 Å². The zero-order valence-electron chi connectivity index (χ0n) is 16.8. The average molecular weight is 406 g/mol. The lowest BCUT2D eigenvalue weighted by atomic mass is 10.0. The molecule has 2 amide bonds. The fourth-order valence-corrected chi connectivity index (χ4v) is 3.18. The smallest absolute Gasteiger partial charge is 0.247 e. The van der Waals surface area contributed by atoms with Crippen LogP contribution in [0.5, 0.6) is 0 Å². The molecular weight excluding hydrogens is 378 g/mol. The predicted molar refractivity (Wildman–Crippen MR) is 119 cm³/mol. The van der Waals surface area contributed by atoms with Crippen molar-refractivity contribution in [2.45, 2.75) is 31.3 Å². The molecule has 3 aromatic rings. The second kappa shape index (κ2) is 10.5. The number of nitrogens with zero attached hydrogens (tertiary/aromatic N) is 1. The molecule has 7 nitrogen and oxygen atoms in total. The van der Waals surface area contributed by atoms with Crippen molar-refractivity contribution >= 4 is 28.4 Å². The number of nitrogens with one attached hydrogen (secondary N) is 2. The molecule has 0 saturated carbocycles. The first-order valence-corrected chi connectivity index (χ1v) is 10.0. The van der Waals surface area contributed by atoms with Gasteiger partial charge in [-0.25, -0.2) is 0 Å². The Kier molecular flexibility index (Phi) is 7.48. The van der Waals surface area contributed by atoms with Crippen LogP contribution in [0.25, 0.3) is 10.9 Å². The van der Waals surface area contributed by atoms with Crippen molar-refractivity contribution < 1.29 is 9.59 Å². The van der Waals surface area contributed by atoms with Crippen LogP contribution in [-0.2, 0) is 16.0 Å². The molecule has 2 atom stereocenters. The van der Waals surface area contributed by atoms with E-state index in [-0.39, 0.29) is 11.8 Å². The standard InChI is InChI=1S/C23H27N5O2/c24-12-6-10-19(25)22(29)28-21(13-16-7-2-1-3-8-16)23(30)27-18-14-17-9-4-5-11-20(17)26-15-18/h1-5,7-9,11,14-15,19,21H,6,10,12-13,24-25H2,(H,27,30)(H,28,29)/t19-,21+/m0/s1. The number of carbonyl (C=O) groups is 2. The molecule has 0 radical (unpaired) electrons. The van der Waals surface area contributed by atoms with Crippen LogP contribution in [0.3, 0.4) is 0 Å². The van der Waals surface area contributed by atoms with Gasteiger partial charge in [0.2, 0.25) is 11.8 Å². The summed E-state index contributed by atoms with van der Waals surface area (Å²) in [6, 6.07) is 17.6. The molecule has 0 aliphatic heterocycles. The van der Waals surface area contributed by atoms with Crippen LogP contribution in [0.4, 0.5) is 5.69 Å². The summed E-state index contributed by atoms with van der Waals surface area (Å²) >= 11 is 0.